The lowest BCUT2D eigenvalue weighted by molar-refractivity contribution is -0.154. The van der Waals surface area contributed by atoms with Gasteiger partial charge in [0, 0.05) is 18.7 Å². The third-order valence-electron chi connectivity index (χ3n) is 6.70. The van der Waals surface area contributed by atoms with Crippen LogP contribution in [0.3, 0.4) is 0 Å². The van der Waals surface area contributed by atoms with E-state index in [2.05, 4.69) is 15.4 Å². The summed E-state index contributed by atoms with van der Waals surface area (Å²) >= 11 is 0. The summed E-state index contributed by atoms with van der Waals surface area (Å²) < 4.78 is 18.7. The lowest BCUT2D eigenvalue weighted by Gasteiger charge is -2.28. The summed E-state index contributed by atoms with van der Waals surface area (Å²) in [6.45, 7) is 5.84. The fourth-order valence-corrected chi connectivity index (χ4v) is 4.52. The van der Waals surface area contributed by atoms with E-state index in [1.54, 1.807) is 17.1 Å². The number of hydrogen-bond acceptors (Lipinski definition) is 7. The SMILES string of the molecule is CC(C)OC(=O)[C@H]1CCC[C@H](Oc2ccc(-c3cnn(C)c3COC(=O)N[C@H](C)C3CC3)nc2)C1. The number of aryl methyl sites for hydroxylation is 1. The van der Waals surface area contributed by atoms with Crippen molar-refractivity contribution in [1.29, 1.82) is 0 Å². The summed E-state index contributed by atoms with van der Waals surface area (Å²) in [7, 11) is 1.81. The summed E-state index contributed by atoms with van der Waals surface area (Å²) in [5, 5.41) is 7.22. The molecule has 0 bridgehead atoms. The van der Waals surface area contributed by atoms with E-state index in [-0.39, 0.29) is 36.7 Å². The predicted octanol–water partition coefficient (Wildman–Crippen LogP) is 4.40. The molecule has 0 aliphatic heterocycles. The highest BCUT2D eigenvalue weighted by atomic mass is 16.6. The molecule has 0 aromatic carbocycles. The van der Waals surface area contributed by atoms with Gasteiger partial charge in [-0.15, -0.1) is 0 Å². The van der Waals surface area contributed by atoms with Gasteiger partial charge in [0.25, 0.3) is 0 Å². The molecule has 0 unspecified atom stereocenters. The Morgan fingerprint density at radius 2 is 1.94 bits per heavy atom. The Kier molecular flexibility index (Phi) is 7.93. The van der Waals surface area contributed by atoms with Crippen LogP contribution in [-0.4, -0.2) is 45.1 Å². The topological polar surface area (TPSA) is 105 Å². The summed E-state index contributed by atoms with van der Waals surface area (Å²) in [6, 6.07) is 3.88. The zero-order valence-corrected chi connectivity index (χ0v) is 21.0. The first-order chi connectivity index (χ1) is 16.8. The Balaban J connectivity index is 1.34. The van der Waals surface area contributed by atoms with E-state index in [1.807, 2.05) is 40.0 Å². The molecule has 0 spiro atoms. The monoisotopic (exact) mass is 484 g/mol. The van der Waals surface area contributed by atoms with Crippen LogP contribution in [0.25, 0.3) is 11.3 Å². The normalized spacial score (nSPS) is 20.8. The lowest BCUT2D eigenvalue weighted by Crippen LogP contribution is -2.34. The molecule has 2 aliphatic rings. The number of pyridine rings is 1. The van der Waals surface area contributed by atoms with Gasteiger partial charge in [-0.25, -0.2) is 4.79 Å². The number of hydrogen-bond donors (Lipinski definition) is 1. The van der Waals surface area contributed by atoms with Crippen LogP contribution >= 0.6 is 0 Å². The summed E-state index contributed by atoms with van der Waals surface area (Å²) in [4.78, 5) is 29.0. The van der Waals surface area contributed by atoms with E-state index in [1.165, 1.54) is 0 Å². The molecular formula is C26H36N4O5. The molecule has 2 fully saturated rings. The molecule has 9 heteroatoms. The van der Waals surface area contributed by atoms with Gasteiger partial charge in [-0.05, 0) is 77.3 Å². The lowest BCUT2D eigenvalue weighted by atomic mass is 9.87. The van der Waals surface area contributed by atoms with Crippen molar-refractivity contribution in [3.8, 4) is 17.0 Å². The van der Waals surface area contributed by atoms with E-state index in [0.29, 0.717) is 18.1 Å². The zero-order chi connectivity index (χ0) is 24.9. The molecule has 4 rings (SSSR count). The number of nitrogens with zero attached hydrogens (tertiary/aromatic N) is 3. The molecule has 3 atom stereocenters. The van der Waals surface area contributed by atoms with Crippen LogP contribution in [0, 0.1) is 11.8 Å². The average molecular weight is 485 g/mol. The second-order valence-electron chi connectivity index (χ2n) is 9.94. The second kappa shape index (κ2) is 11.1. The maximum Gasteiger partial charge on any atom is 0.407 e. The minimum absolute atomic E-state index is 0.0417. The summed E-state index contributed by atoms with van der Waals surface area (Å²) in [5.74, 6) is 0.967. The molecule has 2 aliphatic carbocycles. The highest BCUT2D eigenvalue weighted by molar-refractivity contribution is 5.72. The van der Waals surface area contributed by atoms with Gasteiger partial charge < -0.3 is 19.5 Å². The van der Waals surface area contributed by atoms with Crippen LogP contribution in [0.5, 0.6) is 5.75 Å². The first kappa shape index (κ1) is 25.0. The molecule has 1 amide bonds. The van der Waals surface area contributed by atoms with Crippen LogP contribution in [-0.2, 0) is 27.9 Å². The van der Waals surface area contributed by atoms with Crippen molar-refractivity contribution in [1.82, 2.24) is 20.1 Å². The number of rotatable bonds is 9. The van der Waals surface area contributed by atoms with Crippen LogP contribution < -0.4 is 10.1 Å². The maximum atomic E-state index is 12.3. The maximum absolute atomic E-state index is 12.3. The number of alkyl carbamates (subject to hydrolysis) is 1. The number of amides is 1. The van der Waals surface area contributed by atoms with E-state index in [4.69, 9.17) is 14.2 Å². The van der Waals surface area contributed by atoms with E-state index >= 15 is 0 Å². The van der Waals surface area contributed by atoms with Crippen LogP contribution in [0.1, 0.15) is 65.0 Å². The van der Waals surface area contributed by atoms with Crippen molar-refractivity contribution in [3.63, 3.8) is 0 Å². The molecule has 2 saturated carbocycles. The zero-order valence-electron chi connectivity index (χ0n) is 21.0. The fourth-order valence-electron chi connectivity index (χ4n) is 4.52. The average Bonchev–Trinajstić information content (AvgIpc) is 3.61. The van der Waals surface area contributed by atoms with Gasteiger partial charge in [0.2, 0.25) is 0 Å². The Labute approximate surface area is 206 Å². The highest BCUT2D eigenvalue weighted by Crippen LogP contribution is 2.32. The number of esters is 1. The summed E-state index contributed by atoms with van der Waals surface area (Å²) in [6.07, 6.45) is 8.48. The Morgan fingerprint density at radius 1 is 1.14 bits per heavy atom. The Hall–Kier alpha value is -3.10. The predicted molar refractivity (Wildman–Crippen MR) is 130 cm³/mol. The van der Waals surface area contributed by atoms with Crippen molar-refractivity contribution in [2.45, 2.75) is 84.2 Å². The Bertz CT molecular complexity index is 1020. The van der Waals surface area contributed by atoms with Crippen molar-refractivity contribution in [2.24, 2.45) is 18.9 Å². The molecule has 35 heavy (non-hydrogen) atoms. The fraction of sp³-hybridized carbons (Fsp3) is 0.615. The van der Waals surface area contributed by atoms with Gasteiger partial charge in [-0.3, -0.25) is 14.5 Å². The third kappa shape index (κ3) is 6.74. The quantitative estimate of drug-likeness (QED) is 0.526. The molecular weight excluding hydrogens is 448 g/mol. The molecule has 0 radical (unpaired) electrons. The van der Waals surface area contributed by atoms with Crippen molar-refractivity contribution in [3.05, 3.63) is 30.2 Å². The molecule has 2 heterocycles. The molecule has 9 nitrogen and oxygen atoms in total. The second-order valence-corrected chi connectivity index (χ2v) is 9.94. The minimum atomic E-state index is -0.420. The van der Waals surface area contributed by atoms with Crippen molar-refractivity contribution < 1.29 is 23.8 Å². The van der Waals surface area contributed by atoms with Crippen LogP contribution in [0.15, 0.2) is 24.5 Å². The first-order valence-electron chi connectivity index (χ1n) is 12.6. The molecule has 1 N–H and O–H groups in total. The number of ether oxygens (including phenoxy) is 3. The number of aromatic nitrogens is 3. The van der Waals surface area contributed by atoms with Gasteiger partial charge in [-0.1, -0.05) is 0 Å². The number of carbonyl (C=O) groups is 2. The molecule has 190 valence electrons. The smallest absolute Gasteiger partial charge is 0.407 e. The number of nitrogens with one attached hydrogen (secondary N) is 1. The van der Waals surface area contributed by atoms with Crippen LogP contribution in [0.4, 0.5) is 4.79 Å². The van der Waals surface area contributed by atoms with E-state index < -0.39 is 6.09 Å². The highest BCUT2D eigenvalue weighted by Gasteiger charge is 2.31. The number of carbonyl (C=O) groups excluding carboxylic acids is 2. The van der Waals surface area contributed by atoms with Crippen molar-refractivity contribution in [2.75, 3.05) is 0 Å². The van der Waals surface area contributed by atoms with Crippen molar-refractivity contribution >= 4 is 12.1 Å². The standard InChI is InChI=1S/C26H36N4O5/c1-16(2)34-25(31)19-6-5-7-20(12-19)35-21-10-11-23(27-13-21)22-14-28-30(4)24(22)15-33-26(32)29-17(3)18-8-9-18/h10-11,13-14,16-20H,5-9,12,15H2,1-4H3,(H,29,32)/t17-,19+,20+/m1/s1. The minimum Gasteiger partial charge on any atom is -0.489 e. The van der Waals surface area contributed by atoms with Gasteiger partial charge in [0.1, 0.15) is 12.4 Å². The van der Waals surface area contributed by atoms with Gasteiger partial charge in [0.15, 0.2) is 0 Å². The molecule has 2 aromatic heterocycles. The third-order valence-corrected chi connectivity index (χ3v) is 6.70. The van der Waals surface area contributed by atoms with E-state index in [0.717, 1.165) is 49.1 Å². The largest absolute Gasteiger partial charge is 0.489 e. The molecule has 2 aromatic rings. The van der Waals surface area contributed by atoms with Gasteiger partial charge in [-0.2, -0.15) is 5.10 Å². The first-order valence-corrected chi connectivity index (χ1v) is 12.6. The van der Waals surface area contributed by atoms with Crippen LogP contribution in [0.2, 0.25) is 0 Å². The van der Waals surface area contributed by atoms with Gasteiger partial charge >= 0.3 is 12.1 Å². The summed E-state index contributed by atoms with van der Waals surface area (Å²) in [5.41, 5.74) is 2.29. The van der Waals surface area contributed by atoms with Gasteiger partial charge in [0.05, 0.1) is 41.9 Å². The Morgan fingerprint density at radius 3 is 2.63 bits per heavy atom. The molecule has 0 saturated heterocycles. The van der Waals surface area contributed by atoms with E-state index in [9.17, 15) is 9.59 Å².